The molecular formula is C35H56N2OS2Y-2. The zero-order valence-corrected chi connectivity index (χ0v) is 31.7. The molecule has 1 aliphatic heterocycles. The van der Waals surface area contributed by atoms with Crippen molar-refractivity contribution in [2.45, 2.75) is 98.8 Å². The smallest absolute Gasteiger partial charge is 0.106 e. The summed E-state index contributed by atoms with van der Waals surface area (Å²) in [6.07, 6.45) is 10.5. The monoisotopic (exact) mass is 673 g/mol. The molecule has 229 valence electrons. The Hall–Kier alpha value is -0.746. The van der Waals surface area contributed by atoms with Crippen molar-refractivity contribution < 1.29 is 37.5 Å². The first-order chi connectivity index (χ1) is 19.2. The number of thioether (sulfide) groups is 1. The van der Waals surface area contributed by atoms with Crippen LogP contribution in [0.15, 0.2) is 61.0 Å². The number of carbonyl (C=O) groups is 1. The van der Waals surface area contributed by atoms with Gasteiger partial charge in [-0.2, -0.15) is 12.0 Å². The van der Waals surface area contributed by atoms with Crippen LogP contribution < -0.4 is 5.32 Å². The van der Waals surface area contributed by atoms with E-state index in [1.165, 1.54) is 65.6 Å². The Morgan fingerprint density at radius 1 is 1.17 bits per heavy atom. The molecule has 0 spiro atoms. The second-order valence-corrected chi connectivity index (χ2v) is 12.3. The summed E-state index contributed by atoms with van der Waals surface area (Å²) in [4.78, 5) is 8.00. The number of allylic oxidation sites excluding steroid dienone is 3. The van der Waals surface area contributed by atoms with Gasteiger partial charge in [0.25, 0.3) is 0 Å². The average Bonchev–Trinajstić information content (AvgIpc) is 3.66. The zero-order chi connectivity index (χ0) is 30.8. The molecule has 0 bridgehead atoms. The fourth-order valence-electron chi connectivity index (χ4n) is 5.15. The van der Waals surface area contributed by atoms with E-state index in [-0.39, 0.29) is 32.7 Å². The van der Waals surface area contributed by atoms with E-state index in [1.54, 1.807) is 6.20 Å². The Bertz CT molecular complexity index is 958. The molecule has 0 aromatic heterocycles. The van der Waals surface area contributed by atoms with Gasteiger partial charge in [-0.15, -0.1) is 37.2 Å². The summed E-state index contributed by atoms with van der Waals surface area (Å²) in [5.41, 5.74) is 9.65. The van der Waals surface area contributed by atoms with Crippen LogP contribution in [0.1, 0.15) is 96.8 Å². The quantitative estimate of drug-likeness (QED) is 0.231. The standard InChI is InChI=1S/C21H28N.C9H17NS2.C2H6.C2H4.CH2O.Y/c1-5-22-20-13-17(12-19-11-15(19)3)10-16(4)21(20)18-8-6-7-14(2)9-18;1-6(2)9-10-7(3)8(4-11)5-12-9;3*1-2;/h5,9-10,13,15,18-19H,1,6-8,11-12H2,2-4H3;6,9-11H,4-5H2,1-3H3;1-2H3;1-2H2;1H2;/q-1;;;;;/p-1. The van der Waals surface area contributed by atoms with E-state index in [2.05, 4.69) is 90.1 Å². The number of nitrogens with zero attached hydrogens (tertiary/aromatic N) is 1. The SMILES string of the molecule is C=C.C=C[N-]c1cc(CC2CC2C)cc(C)c1C1C=C(C)CCC1.C=O.CC.CC1=C(C[S-])CSC(C(C)C)N1.[Y]. The van der Waals surface area contributed by atoms with Gasteiger partial charge in [-0.3, -0.25) is 0 Å². The minimum absolute atomic E-state index is 0. The molecule has 3 aliphatic rings. The van der Waals surface area contributed by atoms with E-state index in [4.69, 9.17) is 17.4 Å². The van der Waals surface area contributed by atoms with Crippen LogP contribution in [0, 0.1) is 24.7 Å². The molecule has 6 heteroatoms. The van der Waals surface area contributed by atoms with Crippen molar-refractivity contribution >= 4 is 36.9 Å². The fourth-order valence-corrected chi connectivity index (χ4v) is 6.94. The number of rotatable bonds is 7. The molecule has 4 rings (SSSR count). The predicted octanol–water partition coefficient (Wildman–Crippen LogP) is 10.3. The van der Waals surface area contributed by atoms with Crippen molar-refractivity contribution in [1.82, 2.24) is 5.32 Å². The Morgan fingerprint density at radius 3 is 2.24 bits per heavy atom. The van der Waals surface area contributed by atoms with Crippen molar-refractivity contribution in [2.24, 2.45) is 17.8 Å². The van der Waals surface area contributed by atoms with Crippen molar-refractivity contribution in [3.05, 3.63) is 83.0 Å². The van der Waals surface area contributed by atoms with Crippen molar-refractivity contribution in [1.29, 1.82) is 0 Å². The summed E-state index contributed by atoms with van der Waals surface area (Å²) >= 11 is 7.01. The Balaban J connectivity index is 0. The molecule has 1 heterocycles. The van der Waals surface area contributed by atoms with Crippen molar-refractivity contribution in [2.75, 3.05) is 11.5 Å². The van der Waals surface area contributed by atoms with Crippen LogP contribution in [0.4, 0.5) is 5.69 Å². The van der Waals surface area contributed by atoms with E-state index < -0.39 is 0 Å². The number of hydrogen-bond acceptors (Lipinski definition) is 4. The van der Waals surface area contributed by atoms with Gasteiger partial charge in [0.2, 0.25) is 0 Å². The van der Waals surface area contributed by atoms with Crippen LogP contribution in [0.2, 0.25) is 0 Å². The van der Waals surface area contributed by atoms with Gasteiger partial charge in [-0.1, -0.05) is 69.5 Å². The topological polar surface area (TPSA) is 43.2 Å². The molecule has 1 saturated carbocycles. The predicted molar refractivity (Wildman–Crippen MR) is 185 cm³/mol. The van der Waals surface area contributed by atoms with Gasteiger partial charge >= 0.3 is 0 Å². The maximum atomic E-state index is 8.00. The molecule has 0 amide bonds. The molecule has 4 unspecified atom stereocenters. The third kappa shape index (κ3) is 14.5. The number of carbonyl (C=O) groups excluding carboxylic acids is 1. The first-order valence-electron chi connectivity index (χ1n) is 14.8. The van der Waals surface area contributed by atoms with Gasteiger partial charge in [0.1, 0.15) is 6.79 Å². The molecule has 41 heavy (non-hydrogen) atoms. The number of aryl methyl sites for hydroxylation is 1. The molecular weight excluding hydrogens is 617 g/mol. The van der Waals surface area contributed by atoms with Crippen molar-refractivity contribution in [3.63, 3.8) is 0 Å². The summed E-state index contributed by atoms with van der Waals surface area (Å²) < 4.78 is 0. The summed E-state index contributed by atoms with van der Waals surface area (Å²) in [6.45, 7) is 29.3. The largest absolute Gasteiger partial charge is 0.788 e. The average molecular weight is 674 g/mol. The second-order valence-electron chi connectivity index (χ2n) is 10.8. The Labute approximate surface area is 288 Å². The van der Waals surface area contributed by atoms with Crippen LogP contribution in [0.5, 0.6) is 0 Å². The second kappa shape index (κ2) is 23.7. The molecule has 1 aromatic carbocycles. The van der Waals surface area contributed by atoms with Crippen LogP contribution in [0.25, 0.3) is 5.32 Å². The van der Waals surface area contributed by atoms with Gasteiger partial charge in [-0.05, 0) is 81.8 Å². The number of hydrogen-bond donors (Lipinski definition) is 1. The van der Waals surface area contributed by atoms with Crippen molar-refractivity contribution in [3.8, 4) is 0 Å². The molecule has 4 atom stereocenters. The number of benzene rings is 1. The van der Waals surface area contributed by atoms with Gasteiger partial charge in [0, 0.05) is 50.1 Å². The minimum atomic E-state index is 0. The normalized spacial score (nSPS) is 22.1. The van der Waals surface area contributed by atoms with E-state index in [9.17, 15) is 0 Å². The molecule has 3 nitrogen and oxygen atoms in total. The summed E-state index contributed by atoms with van der Waals surface area (Å²) in [6, 6.07) is 4.72. The molecule has 1 fully saturated rings. The maximum absolute atomic E-state index is 8.00. The molecule has 1 aromatic rings. The fraction of sp³-hybridized carbons (Fsp3) is 0.571. The molecule has 1 N–H and O–H groups in total. The third-order valence-electron chi connectivity index (χ3n) is 7.48. The Morgan fingerprint density at radius 2 is 1.78 bits per heavy atom. The van der Waals surface area contributed by atoms with Gasteiger partial charge in [-0.25, -0.2) is 0 Å². The van der Waals surface area contributed by atoms with Gasteiger partial charge < -0.3 is 28.1 Å². The van der Waals surface area contributed by atoms with E-state index in [0.29, 0.717) is 17.2 Å². The van der Waals surface area contributed by atoms with Gasteiger partial charge in [0.15, 0.2) is 0 Å². The zero-order valence-electron chi connectivity index (χ0n) is 27.2. The van der Waals surface area contributed by atoms with Crippen LogP contribution in [-0.4, -0.2) is 23.7 Å². The molecule has 1 radical (unpaired) electrons. The first kappa shape index (κ1) is 42.4. The number of nitrogens with one attached hydrogen (secondary N) is 1. The van der Waals surface area contributed by atoms with E-state index >= 15 is 0 Å². The minimum Gasteiger partial charge on any atom is -0.788 e. The van der Waals surface area contributed by atoms with E-state index in [0.717, 1.165) is 29.0 Å². The van der Waals surface area contributed by atoms with Crippen LogP contribution in [0.3, 0.4) is 0 Å². The molecule has 0 saturated heterocycles. The first-order valence-corrected chi connectivity index (χ1v) is 16.4. The summed E-state index contributed by atoms with van der Waals surface area (Å²) in [5.74, 6) is 4.90. The summed E-state index contributed by atoms with van der Waals surface area (Å²) in [5, 5.41) is 8.68. The van der Waals surface area contributed by atoms with Gasteiger partial charge in [0.05, 0.1) is 5.37 Å². The third-order valence-corrected chi connectivity index (χ3v) is 9.36. The van der Waals surface area contributed by atoms with Crippen LogP contribution >= 0.6 is 11.8 Å². The molecule has 2 aliphatic carbocycles. The van der Waals surface area contributed by atoms with Crippen LogP contribution in [-0.2, 0) is 56.6 Å². The van der Waals surface area contributed by atoms with E-state index in [1.807, 2.05) is 32.4 Å². The maximum Gasteiger partial charge on any atom is 0.106 e. The Kier molecular flexibility index (Phi) is 24.5. The summed E-state index contributed by atoms with van der Waals surface area (Å²) in [7, 11) is 0.